The molecule has 0 radical (unpaired) electrons. The van der Waals surface area contributed by atoms with E-state index in [0.717, 1.165) is 26.1 Å². The van der Waals surface area contributed by atoms with Crippen molar-refractivity contribution in [3.8, 4) is 0 Å². The molecule has 23 heavy (non-hydrogen) atoms. The minimum atomic E-state index is 0.231. The maximum Gasteiger partial charge on any atom is 0.231 e. The van der Waals surface area contributed by atoms with Gasteiger partial charge in [0, 0.05) is 25.6 Å². The third-order valence-corrected chi connectivity index (χ3v) is 3.72. The molecule has 9 nitrogen and oxygen atoms in total. The summed E-state index contributed by atoms with van der Waals surface area (Å²) in [6.07, 6.45) is 4.85. The molecule has 1 aliphatic heterocycles. The first kappa shape index (κ1) is 15.5. The summed E-state index contributed by atoms with van der Waals surface area (Å²) in [7, 11) is 0. The number of allylic oxidation sites excluding steroid dienone is 1. The lowest BCUT2D eigenvalue weighted by Crippen LogP contribution is -2.19. The van der Waals surface area contributed by atoms with Crippen LogP contribution in [0, 0.1) is 0 Å². The van der Waals surface area contributed by atoms with E-state index in [-0.39, 0.29) is 17.8 Å². The number of nitrogens with zero attached hydrogens (tertiary/aromatic N) is 4. The molecule has 0 aliphatic carbocycles. The highest BCUT2D eigenvalue weighted by molar-refractivity contribution is 6.35. The molecule has 1 saturated heterocycles. The van der Waals surface area contributed by atoms with E-state index in [1.54, 1.807) is 6.21 Å². The number of rotatable bonds is 4. The molecule has 0 atom stereocenters. The molecule has 1 fully saturated rings. The summed E-state index contributed by atoms with van der Waals surface area (Å²) in [5.41, 5.74) is 12.4. The topological polar surface area (TPSA) is 140 Å². The van der Waals surface area contributed by atoms with Gasteiger partial charge in [0.05, 0.1) is 11.7 Å². The number of H-pyrrole nitrogens is 1. The number of hydrogen-bond donors (Lipinski definition) is 4. The molecule has 6 N–H and O–H groups in total. The fourth-order valence-electron chi connectivity index (χ4n) is 2.24. The number of aromatic amines is 1. The number of nitrogens with one attached hydrogen (secondary N) is 2. The van der Waals surface area contributed by atoms with Gasteiger partial charge in [0.15, 0.2) is 5.65 Å². The number of halogens is 1. The standard InChI is InChI=1S/C13H17ClN8O/c14-10-9-11(16)19-13(20-12(9)22-21-10)18-8(5-15)6-17-7-1-3-23-4-2-7/h5-7H,1-4,15H2,(H4,16,18,19,20,21,22). The first-order valence-electron chi connectivity index (χ1n) is 7.14. The average Bonchev–Trinajstić information content (AvgIpc) is 2.94. The van der Waals surface area contributed by atoms with Crippen molar-refractivity contribution in [1.82, 2.24) is 20.2 Å². The summed E-state index contributed by atoms with van der Waals surface area (Å²) in [5, 5.41) is 10.3. The van der Waals surface area contributed by atoms with Crippen molar-refractivity contribution in [2.75, 3.05) is 24.3 Å². The number of nitrogens with two attached hydrogens (primary N) is 2. The molecule has 0 saturated carbocycles. The maximum absolute atomic E-state index is 5.94. The van der Waals surface area contributed by atoms with Crippen LogP contribution in [0.2, 0.25) is 5.15 Å². The Morgan fingerprint density at radius 3 is 2.91 bits per heavy atom. The first-order chi connectivity index (χ1) is 11.2. The van der Waals surface area contributed by atoms with Gasteiger partial charge >= 0.3 is 0 Å². The minimum absolute atomic E-state index is 0.231. The maximum atomic E-state index is 5.94. The zero-order valence-corrected chi connectivity index (χ0v) is 13.0. The van der Waals surface area contributed by atoms with Gasteiger partial charge in [-0.05, 0) is 12.8 Å². The number of ether oxygens (including phenoxy) is 1. The van der Waals surface area contributed by atoms with Crippen molar-refractivity contribution in [2.24, 2.45) is 10.7 Å². The Balaban J connectivity index is 1.75. The van der Waals surface area contributed by atoms with Crippen LogP contribution >= 0.6 is 11.6 Å². The second-order valence-corrected chi connectivity index (χ2v) is 5.42. The molecular weight excluding hydrogens is 320 g/mol. The van der Waals surface area contributed by atoms with Crippen LogP contribution < -0.4 is 16.8 Å². The van der Waals surface area contributed by atoms with Gasteiger partial charge in [0.1, 0.15) is 16.4 Å². The number of nitrogen functional groups attached to an aromatic ring is 1. The van der Waals surface area contributed by atoms with Crippen molar-refractivity contribution >= 4 is 40.6 Å². The zero-order chi connectivity index (χ0) is 16.2. The van der Waals surface area contributed by atoms with E-state index in [9.17, 15) is 0 Å². The van der Waals surface area contributed by atoms with Crippen molar-refractivity contribution in [1.29, 1.82) is 0 Å². The van der Waals surface area contributed by atoms with E-state index >= 15 is 0 Å². The fraction of sp³-hybridized carbons (Fsp3) is 0.385. The minimum Gasteiger partial charge on any atom is -0.403 e. The lowest BCUT2D eigenvalue weighted by atomic mass is 10.1. The summed E-state index contributed by atoms with van der Waals surface area (Å²) >= 11 is 5.94. The second kappa shape index (κ2) is 6.80. The molecule has 0 unspecified atom stereocenters. The SMILES string of the molecule is NC=C(C=NC1CCOCC1)Nc1nc(N)c2c(Cl)[nH]nc2n1. The van der Waals surface area contributed by atoms with Crippen LogP contribution in [-0.2, 0) is 4.74 Å². The number of aromatic nitrogens is 4. The molecule has 122 valence electrons. The van der Waals surface area contributed by atoms with E-state index in [0.29, 0.717) is 21.9 Å². The van der Waals surface area contributed by atoms with E-state index in [1.165, 1.54) is 6.20 Å². The summed E-state index contributed by atoms with van der Waals surface area (Å²) < 4.78 is 5.30. The van der Waals surface area contributed by atoms with E-state index < -0.39 is 0 Å². The lowest BCUT2D eigenvalue weighted by Gasteiger charge is -2.18. The molecule has 2 aromatic rings. The van der Waals surface area contributed by atoms with Gasteiger partial charge in [0.25, 0.3) is 0 Å². The molecule has 0 spiro atoms. The van der Waals surface area contributed by atoms with Crippen molar-refractivity contribution in [3.63, 3.8) is 0 Å². The Bertz CT molecular complexity index is 750. The Morgan fingerprint density at radius 1 is 1.39 bits per heavy atom. The number of anilines is 2. The predicted octanol–water partition coefficient (Wildman–Crippen LogP) is 1.05. The van der Waals surface area contributed by atoms with Gasteiger partial charge in [-0.1, -0.05) is 11.6 Å². The largest absolute Gasteiger partial charge is 0.403 e. The van der Waals surface area contributed by atoms with Crippen LogP contribution in [0.25, 0.3) is 11.0 Å². The highest BCUT2D eigenvalue weighted by Crippen LogP contribution is 2.24. The van der Waals surface area contributed by atoms with Gasteiger partial charge in [-0.3, -0.25) is 10.1 Å². The van der Waals surface area contributed by atoms with Gasteiger partial charge in [-0.2, -0.15) is 15.1 Å². The fourth-order valence-corrected chi connectivity index (χ4v) is 2.46. The van der Waals surface area contributed by atoms with Crippen LogP contribution in [0.3, 0.4) is 0 Å². The quantitative estimate of drug-likeness (QED) is 0.611. The predicted molar refractivity (Wildman–Crippen MR) is 89.3 cm³/mol. The van der Waals surface area contributed by atoms with Crippen LogP contribution in [0.1, 0.15) is 12.8 Å². The van der Waals surface area contributed by atoms with Crippen LogP contribution in [0.15, 0.2) is 16.9 Å². The van der Waals surface area contributed by atoms with Crippen LogP contribution in [-0.4, -0.2) is 45.6 Å². The molecule has 2 aromatic heterocycles. The van der Waals surface area contributed by atoms with Gasteiger partial charge in [-0.15, -0.1) is 0 Å². The lowest BCUT2D eigenvalue weighted by molar-refractivity contribution is 0.0872. The molecule has 0 bridgehead atoms. The molecule has 3 heterocycles. The Kier molecular flexibility index (Phi) is 4.58. The first-order valence-corrected chi connectivity index (χ1v) is 7.52. The van der Waals surface area contributed by atoms with Gasteiger partial charge in [-0.25, -0.2) is 0 Å². The summed E-state index contributed by atoms with van der Waals surface area (Å²) in [4.78, 5) is 12.9. The molecule has 1 aliphatic rings. The molecular formula is C13H17ClN8O. The second-order valence-electron chi connectivity index (χ2n) is 5.04. The molecule has 0 amide bonds. The monoisotopic (exact) mass is 336 g/mol. The molecule has 3 rings (SSSR count). The number of hydrogen-bond acceptors (Lipinski definition) is 8. The van der Waals surface area contributed by atoms with Gasteiger partial charge < -0.3 is 21.5 Å². The summed E-state index contributed by atoms with van der Waals surface area (Å²) in [6, 6.07) is 0.235. The Morgan fingerprint density at radius 2 is 2.17 bits per heavy atom. The van der Waals surface area contributed by atoms with Crippen molar-refractivity contribution < 1.29 is 4.74 Å². The van der Waals surface area contributed by atoms with Crippen molar-refractivity contribution in [3.05, 3.63) is 17.1 Å². The normalized spacial score (nSPS) is 17.2. The number of fused-ring (bicyclic) bond motifs is 1. The zero-order valence-electron chi connectivity index (χ0n) is 12.3. The van der Waals surface area contributed by atoms with E-state index in [4.69, 9.17) is 27.8 Å². The van der Waals surface area contributed by atoms with E-state index in [1.807, 2.05) is 0 Å². The Labute approximate surface area is 137 Å². The highest BCUT2D eigenvalue weighted by atomic mass is 35.5. The summed E-state index contributed by atoms with van der Waals surface area (Å²) in [6.45, 7) is 1.46. The third kappa shape index (κ3) is 3.51. The molecule has 0 aromatic carbocycles. The van der Waals surface area contributed by atoms with E-state index in [2.05, 4.69) is 30.5 Å². The van der Waals surface area contributed by atoms with Crippen molar-refractivity contribution in [2.45, 2.75) is 18.9 Å². The summed E-state index contributed by atoms with van der Waals surface area (Å²) in [5.74, 6) is 0.502. The third-order valence-electron chi connectivity index (χ3n) is 3.45. The average molecular weight is 337 g/mol. The molecule has 10 heteroatoms. The van der Waals surface area contributed by atoms with Crippen LogP contribution in [0.5, 0.6) is 0 Å². The van der Waals surface area contributed by atoms with Gasteiger partial charge in [0.2, 0.25) is 5.95 Å². The Hall–Kier alpha value is -2.39. The highest BCUT2D eigenvalue weighted by Gasteiger charge is 2.13. The number of aliphatic imine (C=N–C) groups is 1. The van der Waals surface area contributed by atoms with Crippen LogP contribution in [0.4, 0.5) is 11.8 Å². The smallest absolute Gasteiger partial charge is 0.231 e.